The second-order valence-electron chi connectivity index (χ2n) is 5.97. The minimum atomic E-state index is -3.59. The number of nitrogens with zero attached hydrogens (tertiary/aromatic N) is 1. The summed E-state index contributed by atoms with van der Waals surface area (Å²) in [5.74, 6) is 0. The average molecular weight is 347 g/mol. The first-order chi connectivity index (χ1) is 11.5. The Morgan fingerprint density at radius 2 is 1.71 bits per heavy atom. The van der Waals surface area contributed by atoms with Gasteiger partial charge >= 0.3 is 0 Å². The monoisotopic (exact) mass is 347 g/mol. The van der Waals surface area contributed by atoms with E-state index in [0.717, 1.165) is 11.1 Å². The molecule has 0 amide bonds. The molecule has 1 fully saturated rings. The van der Waals surface area contributed by atoms with Crippen LogP contribution in [0.3, 0.4) is 0 Å². The van der Waals surface area contributed by atoms with E-state index in [9.17, 15) is 13.5 Å². The minimum absolute atomic E-state index is 0.204. The lowest BCUT2D eigenvalue weighted by atomic mass is 10.2. The fourth-order valence-corrected chi connectivity index (χ4v) is 4.55. The van der Waals surface area contributed by atoms with Crippen LogP contribution in [0.4, 0.5) is 0 Å². The van der Waals surface area contributed by atoms with Crippen LogP contribution in [0, 0.1) is 6.92 Å². The van der Waals surface area contributed by atoms with Crippen LogP contribution in [0.25, 0.3) is 0 Å². The summed E-state index contributed by atoms with van der Waals surface area (Å²) >= 11 is 0. The normalized spacial score (nSPS) is 23.2. The molecule has 5 nitrogen and oxygen atoms in total. The maximum absolute atomic E-state index is 12.7. The lowest BCUT2D eigenvalue weighted by Gasteiger charge is -2.08. The summed E-state index contributed by atoms with van der Waals surface area (Å²) < 4.78 is 32.3. The van der Waals surface area contributed by atoms with Crippen molar-refractivity contribution in [3.05, 3.63) is 65.7 Å². The summed E-state index contributed by atoms with van der Waals surface area (Å²) in [6.07, 6.45) is 0. The number of ether oxygens (including phenoxy) is 1. The summed E-state index contributed by atoms with van der Waals surface area (Å²) in [5, 5.41) is 9.46. The van der Waals surface area contributed by atoms with E-state index in [2.05, 4.69) is 0 Å². The average Bonchev–Trinajstić information content (AvgIpc) is 3.30. The van der Waals surface area contributed by atoms with Crippen molar-refractivity contribution < 1.29 is 18.3 Å². The lowest BCUT2D eigenvalue weighted by molar-refractivity contribution is 0.117. The van der Waals surface area contributed by atoms with E-state index in [1.165, 1.54) is 4.31 Å². The quantitative estimate of drug-likeness (QED) is 0.778. The molecule has 0 spiro atoms. The molecule has 1 saturated heterocycles. The van der Waals surface area contributed by atoms with Crippen molar-refractivity contribution in [2.75, 3.05) is 13.2 Å². The molecule has 1 heterocycles. The molecule has 128 valence electrons. The van der Waals surface area contributed by atoms with Crippen LogP contribution in [-0.4, -0.2) is 43.1 Å². The Morgan fingerprint density at radius 3 is 2.33 bits per heavy atom. The Morgan fingerprint density at radius 1 is 1.04 bits per heavy atom. The van der Waals surface area contributed by atoms with E-state index in [1.54, 1.807) is 24.3 Å². The van der Waals surface area contributed by atoms with E-state index in [4.69, 9.17) is 4.74 Å². The van der Waals surface area contributed by atoms with Crippen LogP contribution in [0.5, 0.6) is 0 Å². The number of sulfonamides is 1. The molecule has 1 aliphatic heterocycles. The maximum Gasteiger partial charge on any atom is 0.243 e. The maximum atomic E-state index is 12.7. The zero-order chi connectivity index (χ0) is 17.2. The topological polar surface area (TPSA) is 66.6 Å². The number of rotatable bonds is 7. The number of aliphatic hydroxyl groups is 1. The van der Waals surface area contributed by atoms with Gasteiger partial charge in [-0.1, -0.05) is 48.0 Å². The summed E-state index contributed by atoms with van der Waals surface area (Å²) in [4.78, 5) is 0.247. The number of hydrogen-bond acceptors (Lipinski definition) is 4. The van der Waals surface area contributed by atoms with Gasteiger partial charge in [0.2, 0.25) is 10.0 Å². The Balaban J connectivity index is 1.64. The first kappa shape index (κ1) is 17.1. The van der Waals surface area contributed by atoms with Crippen molar-refractivity contribution in [3.63, 3.8) is 0 Å². The van der Waals surface area contributed by atoms with Gasteiger partial charge in [-0.2, -0.15) is 4.31 Å². The number of aliphatic hydroxyl groups excluding tert-OH is 1. The highest BCUT2D eigenvalue weighted by atomic mass is 32.2. The van der Waals surface area contributed by atoms with Crippen molar-refractivity contribution in [3.8, 4) is 0 Å². The Kier molecular flexibility index (Phi) is 5.01. The summed E-state index contributed by atoms with van der Waals surface area (Å²) in [7, 11) is -3.59. The molecular formula is C18H21NO4S. The molecule has 3 rings (SSSR count). The fourth-order valence-electron chi connectivity index (χ4n) is 2.76. The van der Waals surface area contributed by atoms with Crippen LogP contribution in [0.2, 0.25) is 0 Å². The Hall–Kier alpha value is -1.73. The summed E-state index contributed by atoms with van der Waals surface area (Å²) in [6.45, 7) is 2.40. The highest BCUT2D eigenvalue weighted by Gasteiger charge is 2.55. The predicted octanol–water partition coefficient (Wildman–Crippen LogP) is 1.95. The number of hydrogen-bond donors (Lipinski definition) is 1. The van der Waals surface area contributed by atoms with E-state index in [0.29, 0.717) is 6.61 Å². The molecule has 24 heavy (non-hydrogen) atoms. The van der Waals surface area contributed by atoms with Gasteiger partial charge in [-0.05, 0) is 24.6 Å². The minimum Gasteiger partial charge on any atom is -0.395 e. The molecule has 1 unspecified atom stereocenters. The van der Waals surface area contributed by atoms with Crippen LogP contribution in [0.1, 0.15) is 11.1 Å². The van der Waals surface area contributed by atoms with Gasteiger partial charge in [0.15, 0.2) is 0 Å². The first-order valence-electron chi connectivity index (χ1n) is 7.87. The lowest BCUT2D eigenvalue weighted by Crippen LogP contribution is -2.18. The third-order valence-electron chi connectivity index (χ3n) is 4.19. The van der Waals surface area contributed by atoms with Crippen molar-refractivity contribution >= 4 is 10.0 Å². The molecule has 1 N–H and O–H groups in total. The van der Waals surface area contributed by atoms with E-state index < -0.39 is 16.1 Å². The molecule has 0 radical (unpaired) electrons. The number of aryl methyl sites for hydroxylation is 1. The standard InChI is InChI=1S/C18H21NO4S/c1-14-7-9-16(10-8-14)24(21,22)19-17(11-20)18(19)13-23-12-15-5-3-2-4-6-15/h2-10,17-18,20H,11-13H2,1H3/t17-,18-,19?/m0/s1. The molecule has 3 atom stereocenters. The van der Waals surface area contributed by atoms with Gasteiger partial charge in [-0.15, -0.1) is 0 Å². The zero-order valence-corrected chi connectivity index (χ0v) is 14.3. The Labute approximate surface area is 142 Å². The van der Waals surface area contributed by atoms with Crippen LogP contribution >= 0.6 is 0 Å². The van der Waals surface area contributed by atoms with Crippen molar-refractivity contribution in [1.29, 1.82) is 0 Å². The molecule has 6 heteroatoms. The Bertz CT molecular complexity index is 774. The van der Waals surface area contributed by atoms with Crippen molar-refractivity contribution in [2.24, 2.45) is 0 Å². The molecule has 0 bridgehead atoms. The third-order valence-corrected chi connectivity index (χ3v) is 6.16. The third kappa shape index (κ3) is 3.52. The van der Waals surface area contributed by atoms with Crippen LogP contribution < -0.4 is 0 Å². The van der Waals surface area contributed by atoms with Gasteiger partial charge in [0, 0.05) is 0 Å². The largest absolute Gasteiger partial charge is 0.395 e. The smallest absolute Gasteiger partial charge is 0.243 e. The molecule has 0 aliphatic carbocycles. The summed E-state index contributed by atoms with van der Waals surface area (Å²) in [6, 6.07) is 15.7. The van der Waals surface area contributed by atoms with E-state index in [1.807, 2.05) is 37.3 Å². The fraction of sp³-hybridized carbons (Fsp3) is 0.333. The molecule has 2 aromatic rings. The second-order valence-corrected chi connectivity index (χ2v) is 7.81. The van der Waals surface area contributed by atoms with Gasteiger partial charge in [-0.3, -0.25) is 0 Å². The predicted molar refractivity (Wildman–Crippen MR) is 91.0 cm³/mol. The van der Waals surface area contributed by atoms with Gasteiger partial charge in [0.1, 0.15) is 0 Å². The van der Waals surface area contributed by atoms with Crippen LogP contribution in [0.15, 0.2) is 59.5 Å². The summed E-state index contributed by atoms with van der Waals surface area (Å²) in [5.41, 5.74) is 2.04. The van der Waals surface area contributed by atoms with Gasteiger partial charge in [0.05, 0.1) is 36.8 Å². The highest BCUT2D eigenvalue weighted by molar-refractivity contribution is 7.89. The van der Waals surface area contributed by atoms with Crippen LogP contribution in [-0.2, 0) is 21.4 Å². The zero-order valence-electron chi connectivity index (χ0n) is 13.5. The molecule has 2 aromatic carbocycles. The SMILES string of the molecule is Cc1ccc(S(=O)(=O)N2[C@@H](CO)[C@@H]2COCc2ccccc2)cc1. The highest BCUT2D eigenvalue weighted by Crippen LogP contribution is 2.36. The van der Waals surface area contributed by atoms with Crippen molar-refractivity contribution in [1.82, 2.24) is 4.31 Å². The van der Waals surface area contributed by atoms with Crippen molar-refractivity contribution in [2.45, 2.75) is 30.5 Å². The van der Waals surface area contributed by atoms with E-state index >= 15 is 0 Å². The second kappa shape index (κ2) is 7.03. The first-order valence-corrected chi connectivity index (χ1v) is 9.31. The van der Waals surface area contributed by atoms with E-state index in [-0.39, 0.29) is 24.2 Å². The molecule has 0 aromatic heterocycles. The number of benzene rings is 2. The molecule has 1 aliphatic rings. The molecule has 0 saturated carbocycles. The van der Waals surface area contributed by atoms with Gasteiger partial charge < -0.3 is 9.84 Å². The van der Waals surface area contributed by atoms with Gasteiger partial charge in [-0.25, -0.2) is 8.42 Å². The van der Waals surface area contributed by atoms with Gasteiger partial charge in [0.25, 0.3) is 0 Å². The molecular weight excluding hydrogens is 326 g/mol.